The Kier molecular flexibility index (Phi) is 8.87. The van der Waals surface area contributed by atoms with Crippen molar-refractivity contribution in [1.29, 1.82) is 0 Å². The van der Waals surface area contributed by atoms with E-state index in [9.17, 15) is 9.59 Å². The Labute approximate surface area is 176 Å². The van der Waals surface area contributed by atoms with Crippen molar-refractivity contribution in [1.82, 2.24) is 10.2 Å². The quantitative estimate of drug-likeness (QED) is 0.655. The summed E-state index contributed by atoms with van der Waals surface area (Å²) in [5, 5.41) is 3.45. The van der Waals surface area contributed by atoms with Crippen molar-refractivity contribution < 1.29 is 9.59 Å². The first-order valence-electron chi connectivity index (χ1n) is 9.35. The van der Waals surface area contributed by atoms with Gasteiger partial charge < -0.3 is 10.2 Å². The molecule has 6 heteroatoms. The molecule has 0 unspecified atom stereocenters. The van der Waals surface area contributed by atoms with Crippen LogP contribution in [-0.4, -0.2) is 35.1 Å². The van der Waals surface area contributed by atoms with Crippen LogP contribution in [0.3, 0.4) is 0 Å². The van der Waals surface area contributed by atoms with Crippen molar-refractivity contribution in [3.8, 4) is 0 Å². The molecule has 0 radical (unpaired) electrons. The molecule has 2 aromatic carbocycles. The van der Waals surface area contributed by atoms with Crippen LogP contribution in [0.5, 0.6) is 0 Å². The van der Waals surface area contributed by atoms with Gasteiger partial charge in [-0.25, -0.2) is 0 Å². The Morgan fingerprint density at radius 3 is 2.29 bits per heavy atom. The van der Waals surface area contributed by atoms with Gasteiger partial charge in [-0.05, 0) is 44.0 Å². The molecule has 2 aromatic rings. The molecule has 0 aliphatic carbocycles. The summed E-state index contributed by atoms with van der Waals surface area (Å²) >= 11 is 7.51. The number of nitrogens with zero attached hydrogens (tertiary/aromatic N) is 1. The van der Waals surface area contributed by atoms with E-state index in [1.165, 1.54) is 11.1 Å². The third kappa shape index (κ3) is 6.88. The summed E-state index contributed by atoms with van der Waals surface area (Å²) in [7, 11) is 0. The van der Waals surface area contributed by atoms with Crippen molar-refractivity contribution in [3.63, 3.8) is 0 Å². The van der Waals surface area contributed by atoms with Gasteiger partial charge in [0.15, 0.2) is 0 Å². The molecule has 2 amide bonds. The Morgan fingerprint density at radius 2 is 1.68 bits per heavy atom. The van der Waals surface area contributed by atoms with Crippen LogP contribution in [0.15, 0.2) is 48.5 Å². The molecule has 0 fully saturated rings. The Balaban J connectivity index is 2.03. The zero-order valence-corrected chi connectivity index (χ0v) is 18.1. The zero-order chi connectivity index (χ0) is 20.5. The maximum Gasteiger partial charge on any atom is 0.242 e. The van der Waals surface area contributed by atoms with Gasteiger partial charge in [0.25, 0.3) is 0 Å². The minimum Gasteiger partial charge on any atom is -0.355 e. The summed E-state index contributed by atoms with van der Waals surface area (Å²) in [4.78, 5) is 26.9. The predicted octanol–water partition coefficient (Wildman–Crippen LogP) is 4.44. The van der Waals surface area contributed by atoms with Crippen LogP contribution in [0.4, 0.5) is 0 Å². The number of likely N-dealkylation sites (N-methyl/N-ethyl adjacent to an activating group) is 1. The number of rotatable bonds is 9. The molecule has 4 nitrogen and oxygen atoms in total. The highest BCUT2D eigenvalue weighted by Gasteiger charge is 2.25. The third-order valence-electron chi connectivity index (χ3n) is 4.40. The molecular formula is C22H27ClN2O2S. The first-order valence-corrected chi connectivity index (χ1v) is 10.9. The van der Waals surface area contributed by atoms with Crippen molar-refractivity contribution in [2.24, 2.45) is 0 Å². The lowest BCUT2D eigenvalue weighted by Crippen LogP contribution is -2.48. The number of hydrogen-bond donors (Lipinski definition) is 1. The topological polar surface area (TPSA) is 49.4 Å². The SMILES string of the molecule is CCNC(=O)[C@@H](C)N(Cc1ccc(Cl)cc1)C(=O)CSCc1ccc(C)cc1. The van der Waals surface area contributed by atoms with Crippen molar-refractivity contribution in [3.05, 3.63) is 70.2 Å². The average molecular weight is 419 g/mol. The number of aryl methyl sites for hydroxylation is 1. The monoisotopic (exact) mass is 418 g/mol. The van der Waals surface area contributed by atoms with Gasteiger partial charge in [-0.3, -0.25) is 9.59 Å². The molecule has 1 N–H and O–H groups in total. The maximum atomic E-state index is 12.9. The van der Waals surface area contributed by atoms with E-state index in [0.29, 0.717) is 23.9 Å². The van der Waals surface area contributed by atoms with Crippen LogP contribution < -0.4 is 5.32 Å². The van der Waals surface area contributed by atoms with E-state index >= 15 is 0 Å². The number of carbonyl (C=O) groups is 2. The summed E-state index contributed by atoms with van der Waals surface area (Å²) in [6, 6.07) is 15.1. The molecule has 150 valence electrons. The largest absolute Gasteiger partial charge is 0.355 e. The van der Waals surface area contributed by atoms with Crippen LogP contribution in [0.25, 0.3) is 0 Å². The lowest BCUT2D eigenvalue weighted by molar-refractivity contribution is -0.138. The van der Waals surface area contributed by atoms with Gasteiger partial charge in [0, 0.05) is 23.9 Å². The highest BCUT2D eigenvalue weighted by atomic mass is 35.5. The van der Waals surface area contributed by atoms with E-state index in [4.69, 9.17) is 11.6 Å². The van der Waals surface area contributed by atoms with Gasteiger partial charge in [-0.1, -0.05) is 53.6 Å². The summed E-state index contributed by atoms with van der Waals surface area (Å²) in [5.74, 6) is 0.890. The number of halogens is 1. The number of hydrogen-bond acceptors (Lipinski definition) is 3. The second-order valence-electron chi connectivity index (χ2n) is 6.70. The van der Waals surface area contributed by atoms with Crippen molar-refractivity contribution in [2.45, 2.75) is 39.1 Å². The van der Waals surface area contributed by atoms with Gasteiger partial charge in [0.05, 0.1) is 5.75 Å². The smallest absolute Gasteiger partial charge is 0.242 e. The molecule has 0 aliphatic rings. The van der Waals surface area contributed by atoms with Gasteiger partial charge in [0.2, 0.25) is 11.8 Å². The van der Waals surface area contributed by atoms with Gasteiger partial charge in [-0.2, -0.15) is 0 Å². The molecule has 0 spiro atoms. The molecule has 0 bridgehead atoms. The summed E-state index contributed by atoms with van der Waals surface area (Å²) in [6.45, 7) is 6.60. The van der Waals surface area contributed by atoms with E-state index in [2.05, 4.69) is 36.5 Å². The first-order chi connectivity index (χ1) is 13.4. The zero-order valence-electron chi connectivity index (χ0n) is 16.6. The standard InChI is InChI=1S/C22H27ClN2O2S/c1-4-24-22(27)17(3)25(13-18-9-11-20(23)12-10-18)21(26)15-28-14-19-7-5-16(2)6-8-19/h5-12,17H,4,13-15H2,1-3H3,(H,24,27)/t17-/m1/s1. The van der Waals surface area contributed by atoms with E-state index in [-0.39, 0.29) is 11.8 Å². The summed E-state index contributed by atoms with van der Waals surface area (Å²) < 4.78 is 0. The van der Waals surface area contributed by atoms with E-state index in [0.717, 1.165) is 11.3 Å². The Bertz CT molecular complexity index is 778. The fraction of sp³-hybridized carbons (Fsp3) is 0.364. The number of benzene rings is 2. The number of carbonyl (C=O) groups excluding carboxylic acids is 2. The molecule has 0 heterocycles. The molecule has 28 heavy (non-hydrogen) atoms. The first kappa shape index (κ1) is 22.3. The highest BCUT2D eigenvalue weighted by molar-refractivity contribution is 7.99. The molecule has 0 saturated heterocycles. The van der Waals surface area contributed by atoms with Crippen LogP contribution in [0.1, 0.15) is 30.5 Å². The normalized spacial score (nSPS) is 11.7. The summed E-state index contributed by atoms with van der Waals surface area (Å²) in [6.07, 6.45) is 0. The van der Waals surface area contributed by atoms with E-state index in [1.807, 2.05) is 19.1 Å². The molecule has 0 saturated carbocycles. The molecule has 1 atom stereocenters. The molecular weight excluding hydrogens is 392 g/mol. The van der Waals surface area contributed by atoms with Crippen LogP contribution in [-0.2, 0) is 21.9 Å². The van der Waals surface area contributed by atoms with Gasteiger partial charge >= 0.3 is 0 Å². The Morgan fingerprint density at radius 1 is 1.07 bits per heavy atom. The predicted molar refractivity (Wildman–Crippen MR) is 117 cm³/mol. The van der Waals surface area contributed by atoms with Gasteiger partial charge in [0.1, 0.15) is 6.04 Å². The molecule has 0 aliphatic heterocycles. The lowest BCUT2D eigenvalue weighted by atomic mass is 10.1. The number of thioether (sulfide) groups is 1. The highest BCUT2D eigenvalue weighted by Crippen LogP contribution is 2.17. The van der Waals surface area contributed by atoms with Crippen molar-refractivity contribution in [2.75, 3.05) is 12.3 Å². The third-order valence-corrected chi connectivity index (χ3v) is 5.64. The fourth-order valence-corrected chi connectivity index (χ4v) is 3.71. The van der Waals surface area contributed by atoms with Crippen LogP contribution in [0, 0.1) is 6.92 Å². The summed E-state index contributed by atoms with van der Waals surface area (Å²) in [5.41, 5.74) is 3.34. The number of nitrogens with one attached hydrogen (secondary N) is 1. The Hall–Kier alpha value is -1.98. The van der Waals surface area contributed by atoms with E-state index in [1.54, 1.807) is 35.7 Å². The van der Waals surface area contributed by atoms with Crippen LogP contribution in [0.2, 0.25) is 5.02 Å². The maximum absolute atomic E-state index is 12.9. The minimum absolute atomic E-state index is 0.0502. The lowest BCUT2D eigenvalue weighted by Gasteiger charge is -2.28. The van der Waals surface area contributed by atoms with Crippen LogP contribution >= 0.6 is 23.4 Å². The second-order valence-corrected chi connectivity index (χ2v) is 8.12. The number of amides is 2. The fourth-order valence-electron chi connectivity index (χ4n) is 2.71. The van der Waals surface area contributed by atoms with E-state index < -0.39 is 6.04 Å². The second kappa shape index (κ2) is 11.1. The van der Waals surface area contributed by atoms with Crippen molar-refractivity contribution >= 4 is 35.2 Å². The molecule has 0 aromatic heterocycles. The minimum atomic E-state index is -0.539. The van der Waals surface area contributed by atoms with Gasteiger partial charge in [-0.15, -0.1) is 11.8 Å². The molecule has 2 rings (SSSR count). The average Bonchev–Trinajstić information content (AvgIpc) is 2.68.